The maximum absolute atomic E-state index is 12.0. The number of hydrogen-bond acceptors (Lipinski definition) is 3. The minimum Gasteiger partial charge on any atom is -0.381 e. The van der Waals surface area contributed by atoms with Crippen molar-refractivity contribution < 1.29 is 13.2 Å². The molecule has 0 radical (unpaired) electrons. The van der Waals surface area contributed by atoms with Gasteiger partial charge in [0.25, 0.3) is 0 Å². The van der Waals surface area contributed by atoms with Crippen LogP contribution in [0.1, 0.15) is 39.5 Å². The summed E-state index contributed by atoms with van der Waals surface area (Å²) in [6.45, 7) is 5.04. The Morgan fingerprint density at radius 2 is 1.72 bits per heavy atom. The summed E-state index contributed by atoms with van der Waals surface area (Å²) in [4.78, 5) is 0. The Kier molecular flexibility index (Phi) is 2.65. The van der Waals surface area contributed by atoms with Gasteiger partial charge in [-0.3, -0.25) is 0 Å². The molecule has 5 heteroatoms. The first-order valence-electron chi connectivity index (χ1n) is 6.83. The van der Waals surface area contributed by atoms with E-state index in [-0.39, 0.29) is 5.25 Å². The third kappa shape index (κ3) is 1.67. The molecular formula is C13H23NO3S. The van der Waals surface area contributed by atoms with E-state index in [2.05, 4.69) is 0 Å². The van der Waals surface area contributed by atoms with Crippen LogP contribution in [0.25, 0.3) is 0 Å². The molecule has 2 saturated carbocycles. The van der Waals surface area contributed by atoms with Crippen molar-refractivity contribution in [3.8, 4) is 0 Å². The topological polar surface area (TPSA) is 46.6 Å². The van der Waals surface area contributed by atoms with Gasteiger partial charge in [-0.25, -0.2) is 12.7 Å². The van der Waals surface area contributed by atoms with E-state index in [4.69, 9.17) is 4.74 Å². The van der Waals surface area contributed by atoms with Crippen LogP contribution >= 0.6 is 0 Å². The number of sulfonamides is 1. The van der Waals surface area contributed by atoms with E-state index in [0.29, 0.717) is 16.9 Å². The van der Waals surface area contributed by atoms with Crippen LogP contribution in [0, 0.1) is 10.8 Å². The van der Waals surface area contributed by atoms with Crippen LogP contribution in [0.4, 0.5) is 0 Å². The van der Waals surface area contributed by atoms with Gasteiger partial charge in [-0.05, 0) is 50.4 Å². The van der Waals surface area contributed by atoms with Crippen molar-refractivity contribution in [2.75, 3.05) is 20.2 Å². The Morgan fingerprint density at radius 3 is 2.17 bits per heavy atom. The molecule has 4 nitrogen and oxygen atoms in total. The van der Waals surface area contributed by atoms with Crippen molar-refractivity contribution in [3.63, 3.8) is 0 Å². The maximum Gasteiger partial charge on any atom is 0.216 e. The molecule has 0 N–H and O–H groups in total. The van der Waals surface area contributed by atoms with Crippen molar-refractivity contribution in [1.29, 1.82) is 0 Å². The standard InChI is InChI=1S/C13H23NO3S/c1-10(2)18(15,16)14-8-13(9-14)6-12(7-13)4-11(5-12)17-3/h10-11H,4-9H2,1-3H3. The van der Waals surface area contributed by atoms with E-state index >= 15 is 0 Å². The van der Waals surface area contributed by atoms with Gasteiger partial charge in [-0.1, -0.05) is 0 Å². The van der Waals surface area contributed by atoms with Crippen LogP contribution in [0.2, 0.25) is 0 Å². The smallest absolute Gasteiger partial charge is 0.216 e. The van der Waals surface area contributed by atoms with E-state index < -0.39 is 10.0 Å². The number of hydrogen-bond donors (Lipinski definition) is 0. The Bertz CT molecular complexity index is 435. The molecule has 0 bridgehead atoms. The van der Waals surface area contributed by atoms with Crippen LogP contribution in [-0.4, -0.2) is 44.3 Å². The molecule has 104 valence electrons. The molecule has 1 heterocycles. The average molecular weight is 273 g/mol. The molecule has 3 aliphatic rings. The van der Waals surface area contributed by atoms with Crippen molar-refractivity contribution in [3.05, 3.63) is 0 Å². The second-order valence-corrected chi connectivity index (χ2v) is 9.47. The van der Waals surface area contributed by atoms with Crippen molar-refractivity contribution in [1.82, 2.24) is 4.31 Å². The number of nitrogens with zero attached hydrogens (tertiary/aromatic N) is 1. The molecule has 0 atom stereocenters. The zero-order chi connectivity index (χ0) is 13.2. The monoisotopic (exact) mass is 273 g/mol. The zero-order valence-electron chi connectivity index (χ0n) is 11.5. The van der Waals surface area contributed by atoms with E-state index in [1.54, 1.807) is 25.3 Å². The second-order valence-electron chi connectivity index (χ2n) is 6.98. The maximum atomic E-state index is 12.0. The van der Waals surface area contributed by atoms with Gasteiger partial charge in [0.05, 0.1) is 11.4 Å². The Hall–Kier alpha value is -0.130. The van der Waals surface area contributed by atoms with Crippen molar-refractivity contribution >= 4 is 10.0 Å². The average Bonchev–Trinajstić information content (AvgIpc) is 2.10. The molecule has 0 unspecified atom stereocenters. The first kappa shape index (κ1) is 12.9. The van der Waals surface area contributed by atoms with Crippen LogP contribution in [-0.2, 0) is 14.8 Å². The minimum atomic E-state index is -3.02. The zero-order valence-corrected chi connectivity index (χ0v) is 12.3. The summed E-state index contributed by atoms with van der Waals surface area (Å²) >= 11 is 0. The molecule has 0 aromatic rings. The van der Waals surface area contributed by atoms with E-state index in [1.165, 1.54) is 25.7 Å². The lowest BCUT2D eigenvalue weighted by Gasteiger charge is -2.68. The molecule has 3 fully saturated rings. The lowest BCUT2D eigenvalue weighted by molar-refractivity contribution is -0.196. The van der Waals surface area contributed by atoms with Crippen LogP contribution in [0.5, 0.6) is 0 Å². The summed E-state index contributed by atoms with van der Waals surface area (Å²) in [6.07, 6.45) is 5.25. The molecular weight excluding hydrogens is 250 g/mol. The summed E-state index contributed by atoms with van der Waals surface area (Å²) < 4.78 is 31.0. The summed E-state index contributed by atoms with van der Waals surface area (Å²) in [5.74, 6) is 0. The van der Waals surface area contributed by atoms with Crippen LogP contribution in [0.3, 0.4) is 0 Å². The molecule has 0 aromatic heterocycles. The second kappa shape index (κ2) is 3.70. The first-order valence-corrected chi connectivity index (χ1v) is 8.33. The molecule has 0 amide bonds. The highest BCUT2D eigenvalue weighted by atomic mass is 32.2. The fraction of sp³-hybridized carbons (Fsp3) is 1.00. The fourth-order valence-electron chi connectivity index (χ4n) is 4.30. The number of ether oxygens (including phenoxy) is 1. The molecule has 3 rings (SSSR count). The molecule has 1 saturated heterocycles. The van der Waals surface area contributed by atoms with Gasteiger partial charge < -0.3 is 4.74 Å². The minimum absolute atomic E-state index is 0.287. The summed E-state index contributed by atoms with van der Waals surface area (Å²) in [7, 11) is -1.24. The Morgan fingerprint density at radius 1 is 1.17 bits per heavy atom. The molecule has 0 aromatic carbocycles. The Labute approximate surface area is 110 Å². The SMILES string of the molecule is COC1CC2(C1)CC1(CN(S(=O)(=O)C(C)C)C1)C2. The molecule has 2 spiro atoms. The fourth-order valence-corrected chi connectivity index (χ4v) is 5.81. The highest BCUT2D eigenvalue weighted by molar-refractivity contribution is 7.89. The number of rotatable bonds is 3. The number of methoxy groups -OCH3 is 1. The quantitative estimate of drug-likeness (QED) is 0.785. The molecule has 18 heavy (non-hydrogen) atoms. The van der Waals surface area contributed by atoms with Crippen molar-refractivity contribution in [2.24, 2.45) is 10.8 Å². The highest BCUT2D eigenvalue weighted by Gasteiger charge is 2.65. The predicted octanol–water partition coefficient (Wildman–Crippen LogP) is 1.62. The van der Waals surface area contributed by atoms with E-state index in [1.807, 2.05) is 0 Å². The van der Waals surface area contributed by atoms with Gasteiger partial charge >= 0.3 is 0 Å². The largest absolute Gasteiger partial charge is 0.381 e. The third-order valence-electron chi connectivity index (χ3n) is 5.13. The lowest BCUT2D eigenvalue weighted by atomic mass is 9.43. The van der Waals surface area contributed by atoms with E-state index in [0.717, 1.165) is 13.1 Å². The van der Waals surface area contributed by atoms with Gasteiger partial charge in [-0.15, -0.1) is 0 Å². The molecule has 1 aliphatic heterocycles. The summed E-state index contributed by atoms with van der Waals surface area (Å²) in [5.41, 5.74) is 0.828. The summed E-state index contributed by atoms with van der Waals surface area (Å²) in [5, 5.41) is -0.287. The summed E-state index contributed by atoms with van der Waals surface area (Å²) in [6, 6.07) is 0. The van der Waals surface area contributed by atoms with Crippen LogP contribution in [0.15, 0.2) is 0 Å². The van der Waals surface area contributed by atoms with E-state index in [9.17, 15) is 8.42 Å². The van der Waals surface area contributed by atoms with Gasteiger partial charge in [0, 0.05) is 20.2 Å². The molecule has 2 aliphatic carbocycles. The van der Waals surface area contributed by atoms with Gasteiger partial charge in [0.1, 0.15) is 0 Å². The van der Waals surface area contributed by atoms with Gasteiger partial charge in [-0.2, -0.15) is 0 Å². The van der Waals surface area contributed by atoms with Crippen LogP contribution < -0.4 is 0 Å². The predicted molar refractivity (Wildman–Crippen MR) is 69.8 cm³/mol. The van der Waals surface area contributed by atoms with Crippen molar-refractivity contribution in [2.45, 2.75) is 50.9 Å². The van der Waals surface area contributed by atoms with Gasteiger partial charge in [0.15, 0.2) is 0 Å². The first-order chi connectivity index (χ1) is 8.31. The third-order valence-corrected chi connectivity index (χ3v) is 7.30. The van der Waals surface area contributed by atoms with Gasteiger partial charge in [0.2, 0.25) is 10.0 Å². The Balaban J connectivity index is 1.53. The normalized spacial score (nSPS) is 30.2. The highest BCUT2D eigenvalue weighted by Crippen LogP contribution is 2.67. The lowest BCUT2D eigenvalue weighted by Crippen LogP contribution is -2.69.